The number of aryl methyl sites for hydroxylation is 1. The molecule has 0 bridgehead atoms. The van der Waals surface area contributed by atoms with Crippen molar-refractivity contribution < 1.29 is 0 Å². The van der Waals surface area contributed by atoms with E-state index in [0.717, 1.165) is 32.1 Å². The summed E-state index contributed by atoms with van der Waals surface area (Å²) < 4.78 is 0. The van der Waals surface area contributed by atoms with Gasteiger partial charge in [0, 0.05) is 50.0 Å². The molecule has 6 heteroatoms. The molecule has 5 heterocycles. The van der Waals surface area contributed by atoms with Gasteiger partial charge in [0.1, 0.15) is 5.82 Å². The summed E-state index contributed by atoms with van der Waals surface area (Å²) in [4.78, 5) is 20.6. The molecule has 0 spiro atoms. The Hall–Kier alpha value is -1.40. The van der Waals surface area contributed by atoms with Crippen LogP contribution in [-0.4, -0.2) is 84.2 Å². The second-order valence-electron chi connectivity index (χ2n) is 10.4. The van der Waals surface area contributed by atoms with Gasteiger partial charge in [0.15, 0.2) is 0 Å². The molecule has 2 atom stereocenters. The Morgan fingerprint density at radius 3 is 1.81 bits per heavy atom. The van der Waals surface area contributed by atoms with Crippen molar-refractivity contribution in [2.45, 2.75) is 83.2 Å². The van der Waals surface area contributed by atoms with Crippen LogP contribution in [0.3, 0.4) is 0 Å². The zero-order valence-electron chi connectivity index (χ0n) is 19.6. The van der Waals surface area contributed by atoms with Crippen molar-refractivity contribution in [1.82, 2.24) is 19.8 Å². The van der Waals surface area contributed by atoms with E-state index < -0.39 is 0 Å². The van der Waals surface area contributed by atoms with Gasteiger partial charge in [-0.1, -0.05) is 12.8 Å². The molecule has 0 aliphatic carbocycles. The third kappa shape index (κ3) is 5.00. The highest BCUT2D eigenvalue weighted by Crippen LogP contribution is 2.28. The minimum atomic E-state index is 0.677. The second-order valence-corrected chi connectivity index (χ2v) is 10.4. The lowest BCUT2D eigenvalue weighted by atomic mass is 10.1. The van der Waals surface area contributed by atoms with E-state index in [1.54, 1.807) is 0 Å². The van der Waals surface area contributed by atoms with E-state index in [9.17, 15) is 0 Å². The predicted molar refractivity (Wildman–Crippen MR) is 128 cm³/mol. The zero-order valence-corrected chi connectivity index (χ0v) is 19.6. The minimum Gasteiger partial charge on any atom is -0.355 e. The molecular weight excluding hydrogens is 384 g/mol. The van der Waals surface area contributed by atoms with E-state index >= 15 is 0 Å². The Bertz CT molecular complexity index is 712. The Morgan fingerprint density at radius 2 is 1.19 bits per heavy atom. The first-order valence-corrected chi connectivity index (χ1v) is 13.1. The Morgan fingerprint density at radius 1 is 0.677 bits per heavy atom. The molecule has 4 saturated heterocycles. The van der Waals surface area contributed by atoms with E-state index in [0.29, 0.717) is 12.1 Å². The van der Waals surface area contributed by atoms with E-state index in [2.05, 4.69) is 32.7 Å². The maximum Gasteiger partial charge on any atom is 0.227 e. The van der Waals surface area contributed by atoms with Crippen LogP contribution >= 0.6 is 0 Å². The minimum absolute atomic E-state index is 0.677. The van der Waals surface area contributed by atoms with Crippen LogP contribution in [0, 0.1) is 6.92 Å². The number of anilines is 2. The van der Waals surface area contributed by atoms with Gasteiger partial charge in [0.2, 0.25) is 5.95 Å². The first kappa shape index (κ1) is 21.4. The van der Waals surface area contributed by atoms with Crippen LogP contribution in [0.1, 0.15) is 69.8 Å². The Kier molecular flexibility index (Phi) is 6.94. The summed E-state index contributed by atoms with van der Waals surface area (Å²) in [6.45, 7) is 11.8. The smallest absolute Gasteiger partial charge is 0.227 e. The van der Waals surface area contributed by atoms with Crippen LogP contribution in [0.4, 0.5) is 11.8 Å². The number of likely N-dealkylation sites (tertiary alicyclic amines) is 2. The fourth-order valence-corrected chi connectivity index (χ4v) is 6.32. The van der Waals surface area contributed by atoms with Crippen LogP contribution in [0.15, 0.2) is 6.20 Å². The van der Waals surface area contributed by atoms with Crippen molar-refractivity contribution in [2.75, 3.05) is 62.2 Å². The molecule has 0 saturated carbocycles. The highest BCUT2D eigenvalue weighted by atomic mass is 15.3. The van der Waals surface area contributed by atoms with E-state index in [1.807, 2.05) is 0 Å². The molecular formula is C25H42N6. The molecule has 31 heavy (non-hydrogen) atoms. The Balaban J connectivity index is 1.34. The van der Waals surface area contributed by atoms with Crippen molar-refractivity contribution in [3.63, 3.8) is 0 Å². The van der Waals surface area contributed by atoms with Gasteiger partial charge in [-0.3, -0.25) is 9.80 Å². The van der Waals surface area contributed by atoms with E-state index in [-0.39, 0.29) is 0 Å². The largest absolute Gasteiger partial charge is 0.355 e. The van der Waals surface area contributed by atoms with E-state index in [4.69, 9.17) is 9.97 Å². The van der Waals surface area contributed by atoms with Gasteiger partial charge in [0.25, 0.3) is 0 Å². The van der Waals surface area contributed by atoms with Gasteiger partial charge in [-0.25, -0.2) is 4.98 Å². The first-order chi connectivity index (χ1) is 15.3. The SMILES string of the molecule is Cc1cnc(N2CCCCC(N3CCCC3)C2)nc1N1CCCCC(N2CCCC2)C1. The average molecular weight is 427 g/mol. The molecule has 4 fully saturated rings. The van der Waals surface area contributed by atoms with E-state index in [1.165, 1.54) is 102 Å². The number of rotatable bonds is 4. The number of hydrogen-bond acceptors (Lipinski definition) is 6. The van der Waals surface area contributed by atoms with Gasteiger partial charge in [-0.15, -0.1) is 0 Å². The number of aromatic nitrogens is 2. The van der Waals surface area contributed by atoms with Crippen molar-refractivity contribution >= 4 is 11.8 Å². The molecule has 0 radical (unpaired) electrons. The standard InChI is InChI=1S/C25H42N6/c1-21-18-26-25(31-17-5-3-11-23(20-31)29-14-8-9-15-29)27-24(21)30-16-4-2-10-22(19-30)28-12-6-7-13-28/h18,22-23H,2-17,19-20H2,1H3. The second kappa shape index (κ2) is 10.0. The third-order valence-corrected chi connectivity index (χ3v) is 8.12. The van der Waals surface area contributed by atoms with Gasteiger partial charge in [-0.2, -0.15) is 4.98 Å². The van der Waals surface area contributed by atoms with Crippen molar-refractivity contribution in [1.29, 1.82) is 0 Å². The van der Waals surface area contributed by atoms with Gasteiger partial charge >= 0.3 is 0 Å². The zero-order chi connectivity index (χ0) is 21.0. The fraction of sp³-hybridized carbons (Fsp3) is 0.840. The van der Waals surface area contributed by atoms with Crippen molar-refractivity contribution in [3.05, 3.63) is 11.8 Å². The van der Waals surface area contributed by atoms with Gasteiger partial charge < -0.3 is 9.80 Å². The summed E-state index contributed by atoms with van der Waals surface area (Å²) >= 11 is 0. The summed E-state index contributed by atoms with van der Waals surface area (Å²) in [5.74, 6) is 2.16. The highest BCUT2D eigenvalue weighted by molar-refractivity contribution is 5.50. The summed E-state index contributed by atoms with van der Waals surface area (Å²) in [7, 11) is 0. The molecule has 4 aliphatic rings. The number of hydrogen-bond donors (Lipinski definition) is 0. The maximum atomic E-state index is 5.23. The summed E-state index contributed by atoms with van der Waals surface area (Å²) in [5, 5.41) is 0. The normalized spacial score (nSPS) is 29.3. The summed E-state index contributed by atoms with van der Waals surface area (Å²) in [5.41, 5.74) is 1.23. The summed E-state index contributed by atoms with van der Waals surface area (Å²) in [6.07, 6.45) is 15.5. The van der Waals surface area contributed by atoms with Crippen LogP contribution < -0.4 is 9.80 Å². The first-order valence-electron chi connectivity index (χ1n) is 13.1. The number of nitrogens with zero attached hydrogens (tertiary/aromatic N) is 6. The molecule has 2 unspecified atom stereocenters. The van der Waals surface area contributed by atoms with Gasteiger partial charge in [-0.05, 0) is 84.5 Å². The molecule has 0 amide bonds. The van der Waals surface area contributed by atoms with Crippen LogP contribution in [0.25, 0.3) is 0 Å². The van der Waals surface area contributed by atoms with Crippen molar-refractivity contribution in [3.8, 4) is 0 Å². The van der Waals surface area contributed by atoms with Crippen molar-refractivity contribution in [2.24, 2.45) is 0 Å². The van der Waals surface area contributed by atoms with Crippen LogP contribution in [0.5, 0.6) is 0 Å². The lowest BCUT2D eigenvalue weighted by Gasteiger charge is -2.33. The monoisotopic (exact) mass is 426 g/mol. The topological polar surface area (TPSA) is 38.7 Å². The average Bonchev–Trinajstić information content (AvgIpc) is 3.41. The molecule has 6 nitrogen and oxygen atoms in total. The molecule has 0 N–H and O–H groups in total. The highest BCUT2D eigenvalue weighted by Gasteiger charge is 2.29. The fourth-order valence-electron chi connectivity index (χ4n) is 6.32. The maximum absolute atomic E-state index is 5.23. The molecule has 5 rings (SSSR count). The summed E-state index contributed by atoms with van der Waals surface area (Å²) in [6, 6.07) is 1.37. The Labute approximate surface area is 189 Å². The molecule has 172 valence electrons. The predicted octanol–water partition coefficient (Wildman–Crippen LogP) is 3.69. The molecule has 1 aromatic rings. The quantitative estimate of drug-likeness (QED) is 0.731. The third-order valence-electron chi connectivity index (χ3n) is 8.12. The van der Waals surface area contributed by atoms with Gasteiger partial charge in [0.05, 0.1) is 0 Å². The molecule has 1 aromatic heterocycles. The van der Waals surface area contributed by atoms with Crippen LogP contribution in [0.2, 0.25) is 0 Å². The lowest BCUT2D eigenvalue weighted by molar-refractivity contribution is 0.236. The lowest BCUT2D eigenvalue weighted by Crippen LogP contribution is -2.43. The van der Waals surface area contributed by atoms with Crippen LogP contribution in [-0.2, 0) is 0 Å². The molecule has 0 aromatic carbocycles. The molecule has 4 aliphatic heterocycles.